The van der Waals surface area contributed by atoms with E-state index in [1.165, 1.54) is 0 Å². The smallest absolute Gasteiger partial charge is 0.326 e. The molecule has 0 unspecified atom stereocenters. The van der Waals surface area contributed by atoms with Crippen molar-refractivity contribution < 1.29 is 14.7 Å². The second-order valence-electron chi connectivity index (χ2n) is 6.56. The van der Waals surface area contributed by atoms with Crippen LogP contribution in [0.3, 0.4) is 0 Å². The van der Waals surface area contributed by atoms with Crippen LogP contribution in [0.2, 0.25) is 10.0 Å². The van der Waals surface area contributed by atoms with Crippen LogP contribution in [-0.2, 0) is 16.0 Å². The molecule has 0 bridgehead atoms. The van der Waals surface area contributed by atoms with Gasteiger partial charge in [-0.3, -0.25) is 4.79 Å². The normalized spacial score (nSPS) is 11.8. The summed E-state index contributed by atoms with van der Waals surface area (Å²) in [6, 6.07) is 22.3. The number of carbonyl (C=O) groups excluding carboxylic acids is 1. The standard InChI is InChI=1S/C23H19Cl2NO3/c24-18-12-7-13-19(25)17(18)14-20(23(28)29)26-22(27)21(15-8-3-1-4-9-15)16-10-5-2-6-11-16/h1-13,20-21H,14H2,(H,26,27)(H,28,29)/t20-/m0/s1. The van der Waals surface area contributed by atoms with E-state index in [-0.39, 0.29) is 6.42 Å². The number of aliphatic carboxylic acids is 1. The van der Waals surface area contributed by atoms with Crippen LogP contribution in [0, 0.1) is 0 Å². The maximum Gasteiger partial charge on any atom is 0.326 e. The fraction of sp³-hybridized carbons (Fsp3) is 0.130. The van der Waals surface area contributed by atoms with E-state index in [1.807, 2.05) is 60.7 Å². The first-order valence-electron chi connectivity index (χ1n) is 9.03. The van der Waals surface area contributed by atoms with Crippen molar-refractivity contribution in [2.45, 2.75) is 18.4 Å². The van der Waals surface area contributed by atoms with Gasteiger partial charge in [0.05, 0.1) is 5.92 Å². The lowest BCUT2D eigenvalue weighted by molar-refractivity contribution is -0.141. The lowest BCUT2D eigenvalue weighted by Crippen LogP contribution is -2.44. The van der Waals surface area contributed by atoms with Crippen molar-refractivity contribution in [3.8, 4) is 0 Å². The molecule has 3 aromatic carbocycles. The summed E-state index contributed by atoms with van der Waals surface area (Å²) in [5.41, 5.74) is 2.03. The molecule has 0 aliphatic heterocycles. The van der Waals surface area contributed by atoms with Gasteiger partial charge in [0, 0.05) is 16.5 Å². The predicted octanol–water partition coefficient (Wildman–Crippen LogP) is 4.94. The van der Waals surface area contributed by atoms with Gasteiger partial charge < -0.3 is 10.4 Å². The van der Waals surface area contributed by atoms with Crippen LogP contribution in [0.4, 0.5) is 0 Å². The fourth-order valence-corrected chi connectivity index (χ4v) is 3.72. The largest absolute Gasteiger partial charge is 0.480 e. The summed E-state index contributed by atoms with van der Waals surface area (Å²) in [4.78, 5) is 25.0. The molecule has 1 atom stereocenters. The Kier molecular flexibility index (Phi) is 6.91. The fourth-order valence-electron chi connectivity index (χ4n) is 3.17. The van der Waals surface area contributed by atoms with E-state index < -0.39 is 23.8 Å². The van der Waals surface area contributed by atoms with Crippen molar-refractivity contribution in [1.29, 1.82) is 0 Å². The van der Waals surface area contributed by atoms with Gasteiger partial charge in [0.1, 0.15) is 6.04 Å². The zero-order chi connectivity index (χ0) is 20.8. The summed E-state index contributed by atoms with van der Waals surface area (Å²) in [6.45, 7) is 0. The first kappa shape index (κ1) is 20.9. The van der Waals surface area contributed by atoms with Crippen LogP contribution >= 0.6 is 23.2 Å². The van der Waals surface area contributed by atoms with Gasteiger partial charge in [-0.15, -0.1) is 0 Å². The highest BCUT2D eigenvalue weighted by atomic mass is 35.5. The third kappa shape index (κ3) is 5.17. The van der Waals surface area contributed by atoms with E-state index in [0.29, 0.717) is 15.6 Å². The maximum atomic E-state index is 13.2. The Labute approximate surface area is 179 Å². The molecule has 29 heavy (non-hydrogen) atoms. The van der Waals surface area contributed by atoms with E-state index in [4.69, 9.17) is 23.2 Å². The molecule has 0 spiro atoms. The third-order valence-electron chi connectivity index (χ3n) is 4.61. The van der Waals surface area contributed by atoms with Gasteiger partial charge in [-0.2, -0.15) is 0 Å². The molecule has 3 aromatic rings. The van der Waals surface area contributed by atoms with Crippen molar-refractivity contribution in [3.05, 3.63) is 106 Å². The maximum absolute atomic E-state index is 13.2. The minimum atomic E-state index is -1.17. The number of hydrogen-bond donors (Lipinski definition) is 2. The van der Waals surface area contributed by atoms with E-state index in [0.717, 1.165) is 11.1 Å². The molecule has 148 valence electrons. The van der Waals surface area contributed by atoms with Gasteiger partial charge in [0.25, 0.3) is 0 Å². The number of carboxylic acid groups (broad SMARTS) is 1. The molecular formula is C23H19Cl2NO3. The van der Waals surface area contributed by atoms with Crippen LogP contribution in [0.15, 0.2) is 78.9 Å². The molecule has 0 aromatic heterocycles. The number of amides is 1. The van der Waals surface area contributed by atoms with E-state index in [2.05, 4.69) is 5.32 Å². The summed E-state index contributed by atoms with van der Waals surface area (Å²) in [5.74, 6) is -2.20. The van der Waals surface area contributed by atoms with Crippen LogP contribution in [0.5, 0.6) is 0 Å². The van der Waals surface area contributed by atoms with E-state index in [9.17, 15) is 14.7 Å². The summed E-state index contributed by atoms with van der Waals surface area (Å²) >= 11 is 12.4. The van der Waals surface area contributed by atoms with Gasteiger partial charge in [-0.05, 0) is 28.8 Å². The predicted molar refractivity (Wildman–Crippen MR) is 114 cm³/mol. The lowest BCUT2D eigenvalue weighted by atomic mass is 9.90. The molecule has 2 N–H and O–H groups in total. The van der Waals surface area contributed by atoms with Gasteiger partial charge in [-0.25, -0.2) is 4.79 Å². The minimum absolute atomic E-state index is 0.0180. The Morgan fingerprint density at radius 1 is 0.793 bits per heavy atom. The highest BCUT2D eigenvalue weighted by Gasteiger charge is 2.28. The zero-order valence-electron chi connectivity index (χ0n) is 15.4. The van der Waals surface area contributed by atoms with Crippen LogP contribution < -0.4 is 5.32 Å². The Balaban J connectivity index is 1.90. The highest BCUT2D eigenvalue weighted by molar-refractivity contribution is 6.36. The first-order chi connectivity index (χ1) is 14.0. The second kappa shape index (κ2) is 9.59. The lowest BCUT2D eigenvalue weighted by Gasteiger charge is -2.22. The number of hydrogen-bond acceptors (Lipinski definition) is 2. The van der Waals surface area contributed by atoms with Crippen LogP contribution in [0.1, 0.15) is 22.6 Å². The average molecular weight is 428 g/mol. The van der Waals surface area contributed by atoms with Crippen molar-refractivity contribution in [1.82, 2.24) is 5.32 Å². The molecule has 0 fully saturated rings. The second-order valence-corrected chi connectivity index (χ2v) is 7.37. The summed E-state index contributed by atoms with van der Waals surface area (Å²) in [7, 11) is 0. The van der Waals surface area contributed by atoms with Gasteiger partial charge >= 0.3 is 5.97 Å². The first-order valence-corrected chi connectivity index (χ1v) is 9.79. The third-order valence-corrected chi connectivity index (χ3v) is 5.32. The van der Waals surface area contributed by atoms with E-state index >= 15 is 0 Å². The number of nitrogens with one attached hydrogen (secondary N) is 1. The molecule has 4 nitrogen and oxygen atoms in total. The molecule has 0 aliphatic carbocycles. The Bertz CT molecular complexity index is 934. The molecule has 0 aliphatic rings. The molecule has 0 saturated heterocycles. The Hall–Kier alpha value is -2.82. The van der Waals surface area contributed by atoms with Gasteiger partial charge in [0.15, 0.2) is 0 Å². The quantitative estimate of drug-likeness (QED) is 0.561. The summed E-state index contributed by atoms with van der Waals surface area (Å²) in [5, 5.41) is 13.1. The molecule has 0 saturated carbocycles. The number of carbonyl (C=O) groups is 2. The molecule has 1 amide bonds. The monoisotopic (exact) mass is 427 g/mol. The average Bonchev–Trinajstić information content (AvgIpc) is 2.71. The van der Waals surface area contributed by atoms with Gasteiger partial charge in [0.2, 0.25) is 5.91 Å². The van der Waals surface area contributed by atoms with Crippen molar-refractivity contribution in [3.63, 3.8) is 0 Å². The molecule has 3 rings (SSSR count). The van der Waals surface area contributed by atoms with E-state index in [1.54, 1.807) is 18.2 Å². The number of benzene rings is 3. The van der Waals surface area contributed by atoms with Crippen molar-refractivity contribution in [2.24, 2.45) is 0 Å². The number of rotatable bonds is 7. The van der Waals surface area contributed by atoms with Gasteiger partial charge in [-0.1, -0.05) is 89.9 Å². The Morgan fingerprint density at radius 2 is 1.28 bits per heavy atom. The van der Waals surface area contributed by atoms with Crippen LogP contribution in [0.25, 0.3) is 0 Å². The minimum Gasteiger partial charge on any atom is -0.480 e. The number of halogens is 2. The molecule has 6 heteroatoms. The molecule has 0 heterocycles. The molecular weight excluding hydrogens is 409 g/mol. The summed E-state index contributed by atoms with van der Waals surface area (Å²) in [6.07, 6.45) is -0.0180. The van der Waals surface area contributed by atoms with Crippen molar-refractivity contribution in [2.75, 3.05) is 0 Å². The number of carboxylic acids is 1. The van der Waals surface area contributed by atoms with Crippen LogP contribution in [-0.4, -0.2) is 23.0 Å². The van der Waals surface area contributed by atoms with Crippen molar-refractivity contribution >= 4 is 35.1 Å². The highest BCUT2D eigenvalue weighted by Crippen LogP contribution is 2.27. The zero-order valence-corrected chi connectivity index (χ0v) is 16.9. The summed E-state index contributed by atoms with van der Waals surface area (Å²) < 4.78 is 0. The molecule has 0 radical (unpaired) electrons. The Morgan fingerprint density at radius 3 is 1.72 bits per heavy atom. The topological polar surface area (TPSA) is 66.4 Å². The SMILES string of the molecule is O=C(N[C@@H](Cc1c(Cl)cccc1Cl)C(=O)O)C(c1ccccc1)c1ccccc1.